The molecule has 102 valence electrons. The van der Waals surface area contributed by atoms with Gasteiger partial charge in [-0.1, -0.05) is 19.1 Å². The van der Waals surface area contributed by atoms with Crippen LogP contribution >= 0.6 is 11.3 Å². The van der Waals surface area contributed by atoms with Crippen LogP contribution in [-0.2, 0) is 16.4 Å². The van der Waals surface area contributed by atoms with Gasteiger partial charge in [0.2, 0.25) is 0 Å². The zero-order valence-electron chi connectivity index (χ0n) is 11.1. The molecule has 0 spiro atoms. The Bertz CT molecular complexity index is 660. The number of sulfonamides is 1. The van der Waals surface area contributed by atoms with Gasteiger partial charge in [-0.05, 0) is 31.0 Å². The second kappa shape index (κ2) is 5.30. The first-order valence-corrected chi connectivity index (χ1v) is 8.27. The molecule has 0 N–H and O–H groups in total. The van der Waals surface area contributed by atoms with E-state index in [1.54, 1.807) is 12.1 Å². The second-order valence-corrected chi connectivity index (χ2v) is 7.05. The van der Waals surface area contributed by atoms with E-state index in [9.17, 15) is 8.42 Å². The highest BCUT2D eigenvalue weighted by Crippen LogP contribution is 2.25. The summed E-state index contributed by atoms with van der Waals surface area (Å²) in [5, 5.41) is 2.32. The highest BCUT2D eigenvalue weighted by Gasteiger charge is 2.23. The van der Waals surface area contributed by atoms with E-state index in [4.69, 9.17) is 0 Å². The number of thiazole rings is 1. The van der Waals surface area contributed by atoms with E-state index in [0.29, 0.717) is 10.0 Å². The number of anilines is 1. The van der Waals surface area contributed by atoms with E-state index >= 15 is 0 Å². The van der Waals surface area contributed by atoms with Gasteiger partial charge >= 0.3 is 0 Å². The van der Waals surface area contributed by atoms with E-state index in [1.165, 1.54) is 22.7 Å². The summed E-state index contributed by atoms with van der Waals surface area (Å²) in [6, 6.07) is 6.97. The number of benzene rings is 1. The highest BCUT2D eigenvalue weighted by molar-refractivity contribution is 7.93. The van der Waals surface area contributed by atoms with E-state index in [-0.39, 0.29) is 0 Å². The summed E-state index contributed by atoms with van der Waals surface area (Å²) in [5.41, 5.74) is 1.94. The fourth-order valence-electron chi connectivity index (χ4n) is 1.64. The van der Waals surface area contributed by atoms with Crippen molar-refractivity contribution < 1.29 is 8.42 Å². The van der Waals surface area contributed by atoms with E-state index in [0.717, 1.165) is 17.7 Å². The average molecular weight is 296 g/mol. The van der Waals surface area contributed by atoms with Crippen molar-refractivity contribution in [3.8, 4) is 0 Å². The van der Waals surface area contributed by atoms with Gasteiger partial charge in [0.05, 0.1) is 10.6 Å². The molecule has 0 aliphatic carbocycles. The summed E-state index contributed by atoms with van der Waals surface area (Å²) in [6.07, 6.45) is 0.891. The van der Waals surface area contributed by atoms with Crippen LogP contribution in [0.25, 0.3) is 0 Å². The molecule has 19 heavy (non-hydrogen) atoms. The standard InChI is InChI=1S/C13H16N2O2S2/c1-4-11-5-7-12(8-6-11)19(16,17)15(3)13-14-10(2)9-18-13/h5-9H,4H2,1-3H3. The molecule has 0 aliphatic heterocycles. The third kappa shape index (κ3) is 2.79. The molecule has 2 aromatic rings. The molecule has 4 nitrogen and oxygen atoms in total. The van der Waals surface area contributed by atoms with Crippen molar-refractivity contribution in [2.75, 3.05) is 11.4 Å². The van der Waals surface area contributed by atoms with Crippen molar-refractivity contribution in [3.63, 3.8) is 0 Å². The number of hydrogen-bond acceptors (Lipinski definition) is 4. The number of hydrogen-bond donors (Lipinski definition) is 0. The van der Waals surface area contributed by atoms with E-state index < -0.39 is 10.0 Å². The lowest BCUT2D eigenvalue weighted by Gasteiger charge is -2.16. The van der Waals surface area contributed by atoms with Crippen LogP contribution in [0.5, 0.6) is 0 Å². The Kier molecular flexibility index (Phi) is 3.91. The topological polar surface area (TPSA) is 50.3 Å². The van der Waals surface area contributed by atoms with Gasteiger partial charge in [0.15, 0.2) is 5.13 Å². The lowest BCUT2D eigenvalue weighted by Crippen LogP contribution is -2.26. The normalized spacial score (nSPS) is 11.5. The molecule has 0 aliphatic rings. The second-order valence-electron chi connectivity index (χ2n) is 4.24. The van der Waals surface area contributed by atoms with Crippen molar-refractivity contribution in [1.29, 1.82) is 0 Å². The maximum Gasteiger partial charge on any atom is 0.265 e. The largest absolute Gasteiger partial charge is 0.265 e. The molecule has 0 bridgehead atoms. The Morgan fingerprint density at radius 3 is 2.37 bits per heavy atom. The van der Waals surface area contributed by atoms with Crippen LogP contribution in [0.3, 0.4) is 0 Å². The minimum Gasteiger partial charge on any atom is -0.244 e. The number of nitrogens with zero attached hydrogens (tertiary/aromatic N) is 2. The quantitative estimate of drug-likeness (QED) is 0.871. The number of aromatic nitrogens is 1. The van der Waals surface area contributed by atoms with Crippen LogP contribution in [0.1, 0.15) is 18.2 Å². The van der Waals surface area contributed by atoms with Crippen molar-refractivity contribution in [2.24, 2.45) is 0 Å². The SMILES string of the molecule is CCc1ccc(S(=O)(=O)N(C)c2nc(C)cs2)cc1. The first-order chi connectivity index (χ1) is 8.95. The fraction of sp³-hybridized carbons (Fsp3) is 0.308. The van der Waals surface area contributed by atoms with Gasteiger partial charge in [0.25, 0.3) is 10.0 Å². The molecular weight excluding hydrogens is 280 g/mol. The molecule has 1 aromatic heterocycles. The lowest BCUT2D eigenvalue weighted by atomic mass is 10.2. The molecule has 2 rings (SSSR count). The number of aryl methyl sites for hydroxylation is 2. The molecule has 0 amide bonds. The Labute approximate surface area is 117 Å². The van der Waals surface area contributed by atoms with Gasteiger partial charge in [0, 0.05) is 12.4 Å². The average Bonchev–Trinajstić information content (AvgIpc) is 2.84. The van der Waals surface area contributed by atoms with Crippen LogP contribution in [0, 0.1) is 6.92 Å². The summed E-state index contributed by atoms with van der Waals surface area (Å²) >= 11 is 1.32. The Balaban J connectivity index is 2.35. The van der Waals surface area contributed by atoms with Gasteiger partial charge in [-0.15, -0.1) is 11.3 Å². The molecule has 0 saturated heterocycles. The molecule has 0 atom stereocenters. The van der Waals surface area contributed by atoms with E-state index in [1.807, 2.05) is 31.4 Å². The Hall–Kier alpha value is -1.40. The maximum absolute atomic E-state index is 12.4. The summed E-state index contributed by atoms with van der Waals surface area (Å²) < 4.78 is 26.1. The van der Waals surface area contributed by atoms with Crippen LogP contribution in [0.4, 0.5) is 5.13 Å². The van der Waals surface area contributed by atoms with Crippen LogP contribution < -0.4 is 4.31 Å². The van der Waals surface area contributed by atoms with Gasteiger partial charge in [-0.3, -0.25) is 0 Å². The fourth-order valence-corrected chi connectivity index (χ4v) is 3.78. The minimum absolute atomic E-state index is 0.292. The monoisotopic (exact) mass is 296 g/mol. The summed E-state index contributed by atoms with van der Waals surface area (Å²) in [6.45, 7) is 3.88. The Morgan fingerprint density at radius 1 is 1.26 bits per heavy atom. The highest BCUT2D eigenvalue weighted by atomic mass is 32.2. The zero-order valence-corrected chi connectivity index (χ0v) is 12.8. The molecule has 0 unspecified atom stereocenters. The predicted octanol–water partition coefficient (Wildman–Crippen LogP) is 2.84. The van der Waals surface area contributed by atoms with Crippen molar-refractivity contribution in [2.45, 2.75) is 25.2 Å². The Morgan fingerprint density at radius 2 is 1.89 bits per heavy atom. The first kappa shape index (κ1) is 14.0. The first-order valence-electron chi connectivity index (χ1n) is 5.95. The molecule has 0 fully saturated rings. The van der Waals surface area contributed by atoms with Gasteiger partial charge in [-0.2, -0.15) is 0 Å². The lowest BCUT2D eigenvalue weighted by molar-refractivity contribution is 0.594. The molecular formula is C13H16N2O2S2. The van der Waals surface area contributed by atoms with Gasteiger partial charge in [0.1, 0.15) is 0 Å². The smallest absolute Gasteiger partial charge is 0.244 e. The summed E-state index contributed by atoms with van der Waals surface area (Å²) in [5.74, 6) is 0. The molecule has 0 saturated carbocycles. The van der Waals surface area contributed by atoms with Crippen molar-refractivity contribution in [1.82, 2.24) is 4.98 Å². The van der Waals surface area contributed by atoms with Crippen molar-refractivity contribution >= 4 is 26.5 Å². The third-order valence-corrected chi connectivity index (χ3v) is 5.78. The van der Waals surface area contributed by atoms with Gasteiger partial charge < -0.3 is 0 Å². The zero-order chi connectivity index (χ0) is 14.0. The predicted molar refractivity (Wildman–Crippen MR) is 78.3 cm³/mol. The molecule has 1 heterocycles. The summed E-state index contributed by atoms with van der Waals surface area (Å²) in [7, 11) is -1.99. The summed E-state index contributed by atoms with van der Waals surface area (Å²) in [4.78, 5) is 4.49. The molecule has 0 radical (unpaired) electrons. The molecule has 6 heteroatoms. The maximum atomic E-state index is 12.4. The minimum atomic E-state index is -3.52. The van der Waals surface area contributed by atoms with Gasteiger partial charge in [-0.25, -0.2) is 17.7 Å². The number of rotatable bonds is 4. The van der Waals surface area contributed by atoms with Crippen LogP contribution in [0.2, 0.25) is 0 Å². The van der Waals surface area contributed by atoms with Crippen LogP contribution in [0.15, 0.2) is 34.5 Å². The van der Waals surface area contributed by atoms with Crippen molar-refractivity contribution in [3.05, 3.63) is 40.9 Å². The van der Waals surface area contributed by atoms with E-state index in [2.05, 4.69) is 4.98 Å². The third-order valence-electron chi connectivity index (χ3n) is 2.87. The van der Waals surface area contributed by atoms with Crippen LogP contribution in [-0.4, -0.2) is 20.4 Å². The molecule has 1 aromatic carbocycles.